The monoisotopic (exact) mass is 212 g/mol. The lowest BCUT2D eigenvalue weighted by Crippen LogP contribution is -2.77. The minimum Gasteiger partial charge on any atom is -0.388 e. The van der Waals surface area contributed by atoms with Crippen LogP contribution in [0.1, 0.15) is 39.5 Å². The van der Waals surface area contributed by atoms with Gasteiger partial charge in [-0.05, 0) is 31.1 Å². The van der Waals surface area contributed by atoms with Crippen molar-refractivity contribution in [2.24, 2.45) is 17.6 Å². The average Bonchev–Trinajstić information content (AvgIpc) is 2.14. The van der Waals surface area contributed by atoms with E-state index in [4.69, 9.17) is 5.73 Å². The van der Waals surface area contributed by atoms with Crippen molar-refractivity contribution in [2.45, 2.75) is 50.7 Å². The van der Waals surface area contributed by atoms with E-state index in [1.165, 1.54) is 6.42 Å². The van der Waals surface area contributed by atoms with E-state index in [-0.39, 0.29) is 5.54 Å². The van der Waals surface area contributed by atoms with Gasteiger partial charge in [0.1, 0.15) is 0 Å². The summed E-state index contributed by atoms with van der Waals surface area (Å²) >= 11 is 0. The highest BCUT2D eigenvalue weighted by Gasteiger charge is 2.53. The van der Waals surface area contributed by atoms with E-state index in [0.29, 0.717) is 11.8 Å². The molecule has 4 N–H and O–H groups in total. The van der Waals surface area contributed by atoms with E-state index in [2.05, 4.69) is 19.2 Å². The van der Waals surface area contributed by atoms with Crippen molar-refractivity contribution in [3.63, 3.8) is 0 Å². The maximum atomic E-state index is 10.7. The highest BCUT2D eigenvalue weighted by atomic mass is 16.3. The van der Waals surface area contributed by atoms with Gasteiger partial charge in [-0.1, -0.05) is 20.3 Å². The van der Waals surface area contributed by atoms with Gasteiger partial charge in [0.2, 0.25) is 0 Å². The molecule has 3 heteroatoms. The Morgan fingerprint density at radius 3 is 2.53 bits per heavy atom. The van der Waals surface area contributed by atoms with Crippen molar-refractivity contribution in [3.8, 4) is 0 Å². The van der Waals surface area contributed by atoms with Crippen LogP contribution in [0.25, 0.3) is 0 Å². The maximum Gasteiger partial charge on any atom is 0.0854 e. The van der Waals surface area contributed by atoms with E-state index in [0.717, 1.165) is 32.4 Å². The molecule has 0 aromatic heterocycles. The van der Waals surface area contributed by atoms with Crippen molar-refractivity contribution in [3.05, 3.63) is 0 Å². The fourth-order valence-corrected chi connectivity index (χ4v) is 3.04. The van der Waals surface area contributed by atoms with Crippen LogP contribution >= 0.6 is 0 Å². The van der Waals surface area contributed by atoms with E-state index < -0.39 is 5.60 Å². The zero-order valence-corrected chi connectivity index (χ0v) is 9.92. The predicted molar refractivity (Wildman–Crippen MR) is 61.5 cm³/mol. The maximum absolute atomic E-state index is 10.7. The third kappa shape index (κ3) is 1.81. The van der Waals surface area contributed by atoms with Gasteiger partial charge in [0, 0.05) is 13.1 Å². The molecule has 2 rings (SSSR count). The fraction of sp³-hybridized carbons (Fsp3) is 1.00. The van der Waals surface area contributed by atoms with Crippen LogP contribution in [0.4, 0.5) is 0 Å². The largest absolute Gasteiger partial charge is 0.388 e. The lowest BCUT2D eigenvalue weighted by atomic mass is 9.63. The third-order valence-corrected chi connectivity index (χ3v) is 4.52. The Morgan fingerprint density at radius 1 is 1.40 bits per heavy atom. The van der Waals surface area contributed by atoms with Gasteiger partial charge in [0.25, 0.3) is 0 Å². The molecule has 2 unspecified atom stereocenters. The van der Waals surface area contributed by atoms with Crippen LogP contribution in [-0.4, -0.2) is 29.3 Å². The zero-order valence-electron chi connectivity index (χ0n) is 9.92. The second-order valence-corrected chi connectivity index (χ2v) is 5.89. The molecule has 2 atom stereocenters. The Hall–Kier alpha value is -0.120. The second kappa shape index (κ2) is 3.72. The number of hydrogen-bond donors (Lipinski definition) is 3. The van der Waals surface area contributed by atoms with Crippen LogP contribution in [0.5, 0.6) is 0 Å². The van der Waals surface area contributed by atoms with Gasteiger partial charge in [-0.3, -0.25) is 0 Å². The van der Waals surface area contributed by atoms with Crippen LogP contribution in [-0.2, 0) is 0 Å². The Morgan fingerprint density at radius 2 is 2.07 bits per heavy atom. The molecule has 1 heterocycles. The molecule has 0 aromatic carbocycles. The molecule has 2 fully saturated rings. The molecule has 0 amide bonds. The topological polar surface area (TPSA) is 58.3 Å². The number of nitrogens with one attached hydrogen (secondary N) is 1. The van der Waals surface area contributed by atoms with Crippen LogP contribution < -0.4 is 11.1 Å². The van der Waals surface area contributed by atoms with Crippen LogP contribution in [0.2, 0.25) is 0 Å². The van der Waals surface area contributed by atoms with Crippen LogP contribution in [0.15, 0.2) is 0 Å². The predicted octanol–water partition coefficient (Wildman–Crippen LogP) is 0.864. The molecule has 88 valence electrons. The van der Waals surface area contributed by atoms with Crippen molar-refractivity contribution >= 4 is 0 Å². The SMILES string of the molecule is CC(C)C1CCCC(O)(C2(N)CNC2)C1. The number of nitrogens with two attached hydrogens (primary N) is 1. The molecule has 2 aliphatic rings. The molecule has 0 radical (unpaired) electrons. The average molecular weight is 212 g/mol. The summed E-state index contributed by atoms with van der Waals surface area (Å²) in [6.45, 7) is 6.04. The lowest BCUT2D eigenvalue weighted by Gasteiger charge is -2.54. The Kier molecular flexibility index (Phi) is 2.82. The third-order valence-electron chi connectivity index (χ3n) is 4.52. The van der Waals surface area contributed by atoms with Gasteiger partial charge in [-0.15, -0.1) is 0 Å². The van der Waals surface area contributed by atoms with E-state index in [9.17, 15) is 5.11 Å². The number of aliphatic hydroxyl groups is 1. The van der Waals surface area contributed by atoms with E-state index in [1.807, 2.05) is 0 Å². The zero-order chi connectivity index (χ0) is 11.1. The molecule has 0 bridgehead atoms. The Labute approximate surface area is 92.4 Å². The quantitative estimate of drug-likeness (QED) is 0.636. The minimum atomic E-state index is -0.620. The van der Waals surface area contributed by atoms with E-state index >= 15 is 0 Å². The van der Waals surface area contributed by atoms with Crippen LogP contribution in [0, 0.1) is 11.8 Å². The van der Waals surface area contributed by atoms with Gasteiger partial charge >= 0.3 is 0 Å². The molecule has 1 aliphatic carbocycles. The van der Waals surface area contributed by atoms with E-state index in [1.54, 1.807) is 0 Å². The first-order valence-corrected chi connectivity index (χ1v) is 6.19. The molecule has 0 spiro atoms. The Balaban J connectivity index is 2.07. The molecule has 15 heavy (non-hydrogen) atoms. The minimum absolute atomic E-state index is 0.361. The highest BCUT2D eigenvalue weighted by Crippen LogP contribution is 2.42. The second-order valence-electron chi connectivity index (χ2n) is 5.89. The lowest BCUT2D eigenvalue weighted by molar-refractivity contribution is -0.101. The summed E-state index contributed by atoms with van der Waals surface area (Å²) in [5.74, 6) is 1.30. The summed E-state index contributed by atoms with van der Waals surface area (Å²) in [7, 11) is 0. The summed E-state index contributed by atoms with van der Waals surface area (Å²) in [4.78, 5) is 0. The molecular formula is C12H24N2O. The summed E-state index contributed by atoms with van der Waals surface area (Å²) in [5.41, 5.74) is 5.28. The number of rotatable bonds is 2. The van der Waals surface area contributed by atoms with Crippen molar-refractivity contribution in [1.82, 2.24) is 5.32 Å². The smallest absolute Gasteiger partial charge is 0.0854 e. The first-order valence-electron chi connectivity index (χ1n) is 6.19. The Bertz CT molecular complexity index is 238. The first-order chi connectivity index (χ1) is 6.97. The highest BCUT2D eigenvalue weighted by molar-refractivity contribution is 5.13. The van der Waals surface area contributed by atoms with Crippen molar-refractivity contribution in [1.29, 1.82) is 0 Å². The van der Waals surface area contributed by atoms with Gasteiger partial charge in [0.05, 0.1) is 11.1 Å². The fourth-order valence-electron chi connectivity index (χ4n) is 3.04. The first kappa shape index (κ1) is 11.4. The van der Waals surface area contributed by atoms with Gasteiger partial charge in [0.15, 0.2) is 0 Å². The molecule has 3 nitrogen and oxygen atoms in total. The molecule has 1 saturated carbocycles. The summed E-state index contributed by atoms with van der Waals surface area (Å²) in [5, 5.41) is 13.9. The molecule has 1 aliphatic heterocycles. The van der Waals surface area contributed by atoms with Gasteiger partial charge < -0.3 is 16.2 Å². The van der Waals surface area contributed by atoms with Crippen LogP contribution in [0.3, 0.4) is 0 Å². The standard InChI is InChI=1S/C12H24N2O/c1-9(2)10-4-3-5-12(15,6-10)11(13)7-14-8-11/h9-10,14-15H,3-8,13H2,1-2H3. The summed E-state index contributed by atoms with van der Waals surface area (Å²) < 4.78 is 0. The van der Waals surface area contributed by atoms with Crippen molar-refractivity contribution in [2.75, 3.05) is 13.1 Å². The molecular weight excluding hydrogens is 188 g/mol. The molecule has 0 aromatic rings. The summed E-state index contributed by atoms with van der Waals surface area (Å²) in [6.07, 6.45) is 4.15. The van der Waals surface area contributed by atoms with Gasteiger partial charge in [-0.25, -0.2) is 0 Å². The van der Waals surface area contributed by atoms with Gasteiger partial charge in [-0.2, -0.15) is 0 Å². The normalized spacial score (nSPS) is 40.2. The summed E-state index contributed by atoms with van der Waals surface area (Å²) in [6, 6.07) is 0. The van der Waals surface area contributed by atoms with Crippen molar-refractivity contribution < 1.29 is 5.11 Å². The number of hydrogen-bond acceptors (Lipinski definition) is 3. The molecule has 1 saturated heterocycles.